The number of nitrogens with zero attached hydrogens (tertiary/aromatic N) is 1. The zero-order valence-electron chi connectivity index (χ0n) is 14.2. The molecule has 1 aromatic carbocycles. The highest BCUT2D eigenvalue weighted by atomic mass is 32.2. The maximum absolute atomic E-state index is 5.43. The minimum Gasteiger partial charge on any atom is -0.496 e. The van der Waals surface area contributed by atoms with Crippen LogP contribution >= 0.6 is 11.8 Å². The van der Waals surface area contributed by atoms with E-state index in [4.69, 9.17) is 4.74 Å². The Morgan fingerprint density at radius 1 is 1.27 bits per heavy atom. The second-order valence-electron chi connectivity index (χ2n) is 5.22. The van der Waals surface area contributed by atoms with Gasteiger partial charge in [-0.1, -0.05) is 25.1 Å². The fraction of sp³-hybridized carbons (Fsp3) is 0.588. The van der Waals surface area contributed by atoms with E-state index in [0.29, 0.717) is 5.92 Å². The molecule has 2 N–H and O–H groups in total. The smallest absolute Gasteiger partial charge is 0.190 e. The zero-order valence-corrected chi connectivity index (χ0v) is 15.0. The Balaban J connectivity index is 2.39. The monoisotopic (exact) mass is 323 g/mol. The lowest BCUT2D eigenvalue weighted by molar-refractivity contribution is 0.406. The molecule has 124 valence electrons. The normalized spacial score (nSPS) is 12.8. The fourth-order valence-corrected chi connectivity index (χ4v) is 2.72. The Kier molecular flexibility index (Phi) is 9.55. The predicted octanol–water partition coefficient (Wildman–Crippen LogP) is 3.11. The molecule has 0 saturated carbocycles. The van der Waals surface area contributed by atoms with Gasteiger partial charge in [-0.05, 0) is 36.5 Å². The second-order valence-corrected chi connectivity index (χ2v) is 6.21. The minimum absolute atomic E-state index is 0.353. The highest BCUT2D eigenvalue weighted by Crippen LogP contribution is 2.25. The molecule has 1 rings (SSSR count). The molecular formula is C17H29N3OS. The fourth-order valence-electron chi connectivity index (χ4n) is 2.23. The summed E-state index contributed by atoms with van der Waals surface area (Å²) in [7, 11) is 3.53. The molecule has 1 unspecified atom stereocenters. The van der Waals surface area contributed by atoms with Crippen molar-refractivity contribution in [2.75, 3.05) is 39.3 Å². The van der Waals surface area contributed by atoms with E-state index in [0.717, 1.165) is 24.8 Å². The van der Waals surface area contributed by atoms with Gasteiger partial charge in [-0.3, -0.25) is 4.99 Å². The van der Waals surface area contributed by atoms with Crippen molar-refractivity contribution in [2.24, 2.45) is 4.99 Å². The van der Waals surface area contributed by atoms with Crippen molar-refractivity contribution >= 4 is 17.7 Å². The van der Waals surface area contributed by atoms with Gasteiger partial charge in [0.05, 0.1) is 7.11 Å². The van der Waals surface area contributed by atoms with Crippen LogP contribution in [-0.2, 0) is 0 Å². The van der Waals surface area contributed by atoms with Crippen LogP contribution in [0.2, 0.25) is 0 Å². The average molecular weight is 324 g/mol. The molecule has 1 atom stereocenters. The van der Waals surface area contributed by atoms with E-state index in [9.17, 15) is 0 Å². The number of para-hydroxylation sites is 1. The first-order valence-electron chi connectivity index (χ1n) is 7.79. The van der Waals surface area contributed by atoms with Crippen molar-refractivity contribution in [1.29, 1.82) is 0 Å². The molecule has 0 aromatic heterocycles. The molecule has 5 heteroatoms. The van der Waals surface area contributed by atoms with E-state index in [2.05, 4.69) is 34.9 Å². The Hall–Kier alpha value is -1.36. The summed E-state index contributed by atoms with van der Waals surface area (Å²) in [5, 5.41) is 6.75. The molecule has 0 spiro atoms. The number of nitrogens with one attached hydrogen (secondary N) is 2. The van der Waals surface area contributed by atoms with Gasteiger partial charge in [-0.2, -0.15) is 11.8 Å². The summed E-state index contributed by atoms with van der Waals surface area (Å²) in [6.45, 7) is 3.98. The van der Waals surface area contributed by atoms with Crippen molar-refractivity contribution in [1.82, 2.24) is 10.6 Å². The highest BCUT2D eigenvalue weighted by Gasteiger charge is 2.11. The Labute approximate surface area is 139 Å². The third kappa shape index (κ3) is 6.60. The van der Waals surface area contributed by atoms with E-state index in [-0.39, 0.29) is 0 Å². The van der Waals surface area contributed by atoms with Crippen LogP contribution in [0, 0.1) is 0 Å². The number of hydrogen-bond donors (Lipinski definition) is 2. The molecule has 0 bridgehead atoms. The Morgan fingerprint density at radius 2 is 2.05 bits per heavy atom. The second kappa shape index (κ2) is 11.2. The lowest BCUT2D eigenvalue weighted by Gasteiger charge is -2.18. The standard InChI is InChI=1S/C17H29N3OS/c1-14(15-9-5-6-10-16(15)21-3)13-20-17(18-2)19-11-7-8-12-22-4/h5-6,9-10,14H,7-8,11-13H2,1-4H3,(H2,18,19,20). The summed E-state index contributed by atoms with van der Waals surface area (Å²) in [4.78, 5) is 4.27. The third-order valence-corrected chi connectivity index (χ3v) is 4.23. The molecular weight excluding hydrogens is 294 g/mol. The number of aliphatic imine (C=N–C) groups is 1. The first kappa shape index (κ1) is 18.7. The molecule has 0 aliphatic heterocycles. The van der Waals surface area contributed by atoms with Gasteiger partial charge in [0.15, 0.2) is 5.96 Å². The number of thioether (sulfide) groups is 1. The molecule has 4 nitrogen and oxygen atoms in total. The molecule has 0 saturated heterocycles. The van der Waals surface area contributed by atoms with Gasteiger partial charge in [-0.25, -0.2) is 0 Å². The quantitative estimate of drug-likeness (QED) is 0.416. The highest BCUT2D eigenvalue weighted by molar-refractivity contribution is 7.98. The summed E-state index contributed by atoms with van der Waals surface area (Å²) in [6, 6.07) is 8.17. The van der Waals surface area contributed by atoms with Gasteiger partial charge in [-0.15, -0.1) is 0 Å². The van der Waals surface area contributed by atoms with Crippen molar-refractivity contribution in [2.45, 2.75) is 25.7 Å². The number of methoxy groups -OCH3 is 1. The first-order valence-corrected chi connectivity index (χ1v) is 9.18. The van der Waals surface area contributed by atoms with Crippen LogP contribution in [0.15, 0.2) is 29.3 Å². The van der Waals surface area contributed by atoms with Crippen LogP contribution in [0.4, 0.5) is 0 Å². The Bertz CT molecular complexity index is 451. The molecule has 22 heavy (non-hydrogen) atoms. The molecule has 0 fully saturated rings. The summed E-state index contributed by atoms with van der Waals surface area (Å²) in [5.41, 5.74) is 1.22. The molecule has 1 aromatic rings. The largest absolute Gasteiger partial charge is 0.496 e. The first-order chi connectivity index (χ1) is 10.7. The topological polar surface area (TPSA) is 45.7 Å². The molecule has 0 amide bonds. The molecule has 0 heterocycles. The van der Waals surface area contributed by atoms with Crippen LogP contribution < -0.4 is 15.4 Å². The number of rotatable bonds is 9. The van der Waals surface area contributed by atoms with E-state index in [1.807, 2.05) is 37.0 Å². The van der Waals surface area contributed by atoms with E-state index >= 15 is 0 Å². The van der Waals surface area contributed by atoms with Gasteiger partial charge in [0.2, 0.25) is 0 Å². The summed E-state index contributed by atoms with van der Waals surface area (Å²) >= 11 is 1.90. The number of ether oxygens (including phenoxy) is 1. The molecule has 0 radical (unpaired) electrons. The van der Waals surface area contributed by atoms with Crippen molar-refractivity contribution in [3.05, 3.63) is 29.8 Å². The maximum atomic E-state index is 5.43. The van der Waals surface area contributed by atoms with E-state index < -0.39 is 0 Å². The number of hydrogen-bond acceptors (Lipinski definition) is 3. The van der Waals surface area contributed by atoms with E-state index in [1.165, 1.54) is 24.2 Å². The van der Waals surface area contributed by atoms with Gasteiger partial charge in [0.1, 0.15) is 5.75 Å². The van der Waals surface area contributed by atoms with Crippen LogP contribution in [0.3, 0.4) is 0 Å². The van der Waals surface area contributed by atoms with Crippen LogP contribution in [-0.4, -0.2) is 45.2 Å². The van der Waals surface area contributed by atoms with Crippen molar-refractivity contribution in [3.63, 3.8) is 0 Å². The van der Waals surface area contributed by atoms with Crippen molar-refractivity contribution in [3.8, 4) is 5.75 Å². The number of unbranched alkanes of at least 4 members (excludes halogenated alkanes) is 1. The van der Waals surface area contributed by atoms with Crippen LogP contribution in [0.1, 0.15) is 31.2 Å². The predicted molar refractivity (Wildman–Crippen MR) is 98.4 cm³/mol. The van der Waals surface area contributed by atoms with Crippen LogP contribution in [0.5, 0.6) is 5.75 Å². The lowest BCUT2D eigenvalue weighted by Crippen LogP contribution is -2.39. The lowest BCUT2D eigenvalue weighted by atomic mass is 10.0. The zero-order chi connectivity index (χ0) is 16.2. The third-order valence-electron chi connectivity index (χ3n) is 3.54. The number of benzene rings is 1. The van der Waals surface area contributed by atoms with Crippen LogP contribution in [0.25, 0.3) is 0 Å². The maximum Gasteiger partial charge on any atom is 0.190 e. The number of guanidine groups is 1. The summed E-state index contributed by atoms with van der Waals surface area (Å²) in [5.74, 6) is 3.38. The van der Waals surface area contributed by atoms with E-state index in [1.54, 1.807) is 7.11 Å². The average Bonchev–Trinajstić information content (AvgIpc) is 2.57. The van der Waals surface area contributed by atoms with Gasteiger partial charge >= 0.3 is 0 Å². The summed E-state index contributed by atoms with van der Waals surface area (Å²) < 4.78 is 5.43. The van der Waals surface area contributed by atoms with Crippen molar-refractivity contribution < 1.29 is 4.74 Å². The van der Waals surface area contributed by atoms with Gasteiger partial charge in [0.25, 0.3) is 0 Å². The molecule has 0 aliphatic carbocycles. The van der Waals surface area contributed by atoms with Gasteiger partial charge < -0.3 is 15.4 Å². The minimum atomic E-state index is 0.353. The SMILES string of the molecule is CN=C(NCCCCSC)NCC(C)c1ccccc1OC. The summed E-state index contributed by atoms with van der Waals surface area (Å²) in [6.07, 6.45) is 4.56. The Morgan fingerprint density at radius 3 is 2.73 bits per heavy atom. The van der Waals surface area contributed by atoms with Gasteiger partial charge in [0, 0.05) is 26.1 Å². The molecule has 0 aliphatic rings.